The minimum Gasteiger partial charge on any atom is -0.301 e. The van der Waals surface area contributed by atoms with Crippen LogP contribution in [-0.4, -0.2) is 31.1 Å². The Labute approximate surface area is 43.7 Å². The van der Waals surface area contributed by atoms with E-state index in [-0.39, 0.29) is 6.61 Å². The van der Waals surface area contributed by atoms with Gasteiger partial charge in [-0.05, 0) is 20.0 Å². The van der Waals surface area contributed by atoms with Crippen LogP contribution in [-0.2, 0) is 5.11 Å². The average Bonchev–Trinajstić information content (AvgIpc) is 1.65. The minimum atomic E-state index is 0.0799. The molecule has 1 fully saturated rings. The lowest BCUT2D eigenvalue weighted by Crippen LogP contribution is -2.46. The molecule has 2 nitrogen and oxygen atoms in total. The van der Waals surface area contributed by atoms with E-state index in [0.29, 0.717) is 6.04 Å². The quantitative estimate of drug-likeness (QED) is 0.459. The van der Waals surface area contributed by atoms with E-state index >= 15 is 0 Å². The highest BCUT2D eigenvalue weighted by atomic mass is 16.3. The predicted molar refractivity (Wildman–Crippen MR) is 26.6 cm³/mol. The molecule has 41 valence electrons. The van der Waals surface area contributed by atoms with Gasteiger partial charge in [-0.15, -0.1) is 0 Å². The topological polar surface area (TPSA) is 23.1 Å². The Hall–Kier alpha value is -0.0800. The van der Waals surface area contributed by atoms with Gasteiger partial charge in [0.25, 0.3) is 0 Å². The third kappa shape index (κ3) is 0.763. The Morgan fingerprint density at radius 2 is 2.57 bits per heavy atom. The van der Waals surface area contributed by atoms with Crippen LogP contribution in [0.15, 0.2) is 0 Å². The Kier molecular flexibility index (Phi) is 1.30. The van der Waals surface area contributed by atoms with Gasteiger partial charge in [0.05, 0.1) is 6.61 Å². The van der Waals surface area contributed by atoms with E-state index in [4.69, 9.17) is 0 Å². The average molecular weight is 100 g/mol. The zero-order valence-corrected chi connectivity index (χ0v) is 4.55. The maximum Gasteiger partial charge on any atom is 0.0977 e. The lowest BCUT2D eigenvalue weighted by atomic mass is 10.1. The molecule has 1 saturated heterocycles. The van der Waals surface area contributed by atoms with Crippen LogP contribution in [0.1, 0.15) is 6.42 Å². The molecule has 7 heavy (non-hydrogen) atoms. The van der Waals surface area contributed by atoms with Crippen molar-refractivity contribution in [3.05, 3.63) is 0 Å². The highest BCUT2D eigenvalue weighted by molar-refractivity contribution is 4.77. The number of likely N-dealkylation sites (N-methyl/N-ethyl adjacent to an activating group) is 1. The van der Waals surface area contributed by atoms with Crippen molar-refractivity contribution in [3.8, 4) is 0 Å². The number of hydrogen-bond donors (Lipinski definition) is 0. The van der Waals surface area contributed by atoms with Crippen LogP contribution in [0.4, 0.5) is 0 Å². The lowest BCUT2D eigenvalue weighted by molar-refractivity contribution is 0.0357. The standard InChI is InChI=1S/C5H10NO/c1-6-3-2-5(6)4-7/h5H,2-4H2,1H3. The smallest absolute Gasteiger partial charge is 0.0977 e. The highest BCUT2D eigenvalue weighted by Gasteiger charge is 2.22. The molecule has 1 heterocycles. The van der Waals surface area contributed by atoms with Gasteiger partial charge in [0, 0.05) is 6.04 Å². The zero-order valence-electron chi connectivity index (χ0n) is 4.55. The molecule has 1 radical (unpaired) electrons. The van der Waals surface area contributed by atoms with Crippen LogP contribution in [0.3, 0.4) is 0 Å². The summed E-state index contributed by atoms with van der Waals surface area (Å²) in [4.78, 5) is 2.09. The van der Waals surface area contributed by atoms with E-state index in [9.17, 15) is 5.11 Å². The summed E-state index contributed by atoms with van der Waals surface area (Å²) in [6, 6.07) is 0.361. The zero-order chi connectivity index (χ0) is 5.28. The molecule has 0 bridgehead atoms. The summed E-state index contributed by atoms with van der Waals surface area (Å²) in [6.07, 6.45) is 1.11. The molecule has 0 N–H and O–H groups in total. The van der Waals surface area contributed by atoms with Crippen LogP contribution in [0.25, 0.3) is 0 Å². The number of nitrogens with zero attached hydrogens (tertiary/aromatic N) is 1. The van der Waals surface area contributed by atoms with Crippen molar-refractivity contribution in [1.82, 2.24) is 4.90 Å². The maximum absolute atomic E-state index is 10.1. The molecule has 0 aromatic rings. The third-order valence-electron chi connectivity index (χ3n) is 1.63. The summed E-state index contributed by atoms with van der Waals surface area (Å²) in [5.41, 5.74) is 0. The summed E-state index contributed by atoms with van der Waals surface area (Å²) in [5.74, 6) is 0. The van der Waals surface area contributed by atoms with Gasteiger partial charge in [0.2, 0.25) is 0 Å². The summed E-state index contributed by atoms with van der Waals surface area (Å²) in [5, 5.41) is 10.1. The summed E-state index contributed by atoms with van der Waals surface area (Å²) in [6.45, 7) is 1.20. The lowest BCUT2D eigenvalue weighted by Gasteiger charge is -2.35. The van der Waals surface area contributed by atoms with Crippen molar-refractivity contribution >= 4 is 0 Å². The maximum atomic E-state index is 10.1. The van der Waals surface area contributed by atoms with E-state index < -0.39 is 0 Å². The van der Waals surface area contributed by atoms with Crippen molar-refractivity contribution in [1.29, 1.82) is 0 Å². The van der Waals surface area contributed by atoms with Crippen molar-refractivity contribution in [2.24, 2.45) is 0 Å². The molecule has 0 amide bonds. The highest BCUT2D eigenvalue weighted by Crippen LogP contribution is 2.12. The van der Waals surface area contributed by atoms with Gasteiger partial charge >= 0.3 is 0 Å². The second-order valence-electron chi connectivity index (χ2n) is 2.09. The first-order chi connectivity index (χ1) is 3.34. The van der Waals surface area contributed by atoms with Crippen LogP contribution < -0.4 is 0 Å². The van der Waals surface area contributed by atoms with E-state index in [1.807, 2.05) is 7.05 Å². The molecule has 1 aliphatic rings. The van der Waals surface area contributed by atoms with Crippen LogP contribution >= 0.6 is 0 Å². The van der Waals surface area contributed by atoms with E-state index in [0.717, 1.165) is 13.0 Å². The molecular formula is C5H10NO. The van der Waals surface area contributed by atoms with Crippen molar-refractivity contribution in [3.63, 3.8) is 0 Å². The van der Waals surface area contributed by atoms with E-state index in [2.05, 4.69) is 4.90 Å². The molecule has 0 saturated carbocycles. The number of likely N-dealkylation sites (tertiary alicyclic amines) is 1. The van der Waals surface area contributed by atoms with Gasteiger partial charge < -0.3 is 4.90 Å². The van der Waals surface area contributed by atoms with Gasteiger partial charge in [-0.2, -0.15) is 0 Å². The normalized spacial score (nSPS) is 32.6. The fraction of sp³-hybridized carbons (Fsp3) is 1.00. The Morgan fingerprint density at radius 3 is 2.57 bits per heavy atom. The minimum absolute atomic E-state index is 0.0799. The molecule has 1 rings (SSSR count). The Bertz CT molecular complexity index is 63.1. The number of hydrogen-bond acceptors (Lipinski definition) is 1. The molecule has 0 aromatic heterocycles. The van der Waals surface area contributed by atoms with Gasteiger partial charge in [-0.1, -0.05) is 0 Å². The van der Waals surface area contributed by atoms with Crippen molar-refractivity contribution in [2.75, 3.05) is 20.2 Å². The van der Waals surface area contributed by atoms with Crippen molar-refractivity contribution in [2.45, 2.75) is 12.5 Å². The largest absolute Gasteiger partial charge is 0.301 e. The third-order valence-corrected chi connectivity index (χ3v) is 1.63. The Balaban J connectivity index is 2.16. The fourth-order valence-corrected chi connectivity index (χ4v) is 0.780. The monoisotopic (exact) mass is 100 g/mol. The molecule has 1 aliphatic heterocycles. The van der Waals surface area contributed by atoms with Gasteiger partial charge in [0.1, 0.15) is 0 Å². The van der Waals surface area contributed by atoms with Gasteiger partial charge in [-0.25, -0.2) is 5.11 Å². The first-order valence-electron chi connectivity index (χ1n) is 2.63. The molecule has 0 aromatic carbocycles. The molecular weight excluding hydrogens is 90.1 g/mol. The molecule has 0 spiro atoms. The van der Waals surface area contributed by atoms with E-state index in [1.54, 1.807) is 0 Å². The van der Waals surface area contributed by atoms with Crippen LogP contribution in [0.5, 0.6) is 0 Å². The van der Waals surface area contributed by atoms with Crippen LogP contribution in [0, 0.1) is 0 Å². The Morgan fingerprint density at radius 1 is 1.86 bits per heavy atom. The number of rotatable bonds is 1. The molecule has 1 atom stereocenters. The molecule has 0 aliphatic carbocycles. The summed E-state index contributed by atoms with van der Waals surface area (Å²) < 4.78 is 0. The fourth-order valence-electron chi connectivity index (χ4n) is 0.780. The SMILES string of the molecule is CN1CCC1C[O]. The van der Waals surface area contributed by atoms with Gasteiger partial charge in [-0.3, -0.25) is 0 Å². The van der Waals surface area contributed by atoms with Gasteiger partial charge in [0.15, 0.2) is 0 Å². The summed E-state index contributed by atoms with van der Waals surface area (Å²) >= 11 is 0. The molecule has 2 heteroatoms. The van der Waals surface area contributed by atoms with Crippen molar-refractivity contribution < 1.29 is 5.11 Å². The van der Waals surface area contributed by atoms with E-state index in [1.165, 1.54) is 0 Å². The first kappa shape index (κ1) is 5.06. The molecule has 1 unspecified atom stereocenters. The predicted octanol–water partition coefficient (Wildman–Crippen LogP) is 0.121. The first-order valence-corrected chi connectivity index (χ1v) is 2.63. The summed E-state index contributed by atoms with van der Waals surface area (Å²) in [7, 11) is 1.99. The second-order valence-corrected chi connectivity index (χ2v) is 2.09. The second kappa shape index (κ2) is 1.80. The van der Waals surface area contributed by atoms with Crippen LogP contribution in [0.2, 0.25) is 0 Å².